The molecule has 9 heteroatoms. The topological polar surface area (TPSA) is 68.0 Å². The monoisotopic (exact) mass is 397 g/mol. The molecule has 2 aromatic heterocycles. The number of hydrogen-bond donors (Lipinski definition) is 1. The summed E-state index contributed by atoms with van der Waals surface area (Å²) in [6.07, 6.45) is -4.45. The number of hydrogen-bond acceptors (Lipinski definition) is 4. The van der Waals surface area contributed by atoms with Gasteiger partial charge >= 0.3 is 11.9 Å². The van der Waals surface area contributed by atoms with E-state index < -0.39 is 17.6 Å². The lowest BCUT2D eigenvalue weighted by atomic mass is 10.0. The van der Waals surface area contributed by atoms with E-state index in [0.29, 0.717) is 5.39 Å². The largest absolute Gasteiger partial charge is 0.433 e. The van der Waals surface area contributed by atoms with Crippen LogP contribution in [0.5, 0.6) is 0 Å². The van der Waals surface area contributed by atoms with Gasteiger partial charge in [0.2, 0.25) is 0 Å². The van der Waals surface area contributed by atoms with Crippen molar-refractivity contribution in [1.29, 1.82) is 0 Å². The smallest absolute Gasteiger partial charge is 0.396 e. The van der Waals surface area contributed by atoms with Gasteiger partial charge in [0, 0.05) is 12.0 Å². The van der Waals surface area contributed by atoms with Crippen LogP contribution in [0.3, 0.4) is 0 Å². The normalized spacial score (nSPS) is 13.1. The van der Waals surface area contributed by atoms with E-state index in [2.05, 4.69) is 9.97 Å². The van der Waals surface area contributed by atoms with Crippen molar-refractivity contribution in [2.24, 2.45) is 5.92 Å². The van der Waals surface area contributed by atoms with Gasteiger partial charge in [0.15, 0.2) is 5.65 Å². The molecule has 3 rings (SSSR count). The Morgan fingerprint density at radius 2 is 1.89 bits per heavy atom. The van der Waals surface area contributed by atoms with Gasteiger partial charge in [-0.1, -0.05) is 30.7 Å². The number of halogens is 4. The van der Waals surface area contributed by atoms with Gasteiger partial charge in [-0.3, -0.25) is 0 Å². The van der Waals surface area contributed by atoms with Crippen molar-refractivity contribution in [1.82, 2.24) is 14.5 Å². The fourth-order valence-electron chi connectivity index (χ4n) is 2.72. The van der Waals surface area contributed by atoms with Gasteiger partial charge in [-0.05, 0) is 36.6 Å². The van der Waals surface area contributed by atoms with Crippen LogP contribution in [0.2, 0.25) is 5.02 Å². The highest BCUT2D eigenvalue weighted by Crippen LogP contribution is 2.30. The Labute approximate surface area is 157 Å². The summed E-state index contributed by atoms with van der Waals surface area (Å²) in [5, 5.41) is 9.74. The Bertz CT molecular complexity index is 1050. The van der Waals surface area contributed by atoms with Gasteiger partial charge in [0.25, 0.3) is 0 Å². The molecule has 0 fully saturated rings. The first-order chi connectivity index (χ1) is 12.7. The van der Waals surface area contributed by atoms with Crippen molar-refractivity contribution < 1.29 is 18.3 Å². The fraction of sp³-hybridized carbons (Fsp3) is 0.278. The molecule has 2 heterocycles. The molecule has 0 aliphatic carbocycles. The van der Waals surface area contributed by atoms with Crippen LogP contribution in [0.4, 0.5) is 13.2 Å². The zero-order chi connectivity index (χ0) is 19.8. The molecule has 0 aliphatic rings. The zero-order valence-electron chi connectivity index (χ0n) is 14.2. The lowest BCUT2D eigenvalue weighted by molar-refractivity contribution is -0.141. The molecule has 0 radical (unpaired) electrons. The molecule has 0 unspecified atom stereocenters. The van der Waals surface area contributed by atoms with E-state index >= 15 is 0 Å². The van der Waals surface area contributed by atoms with Crippen LogP contribution in [-0.2, 0) is 12.6 Å². The molecule has 0 spiro atoms. The van der Waals surface area contributed by atoms with Crippen LogP contribution in [0, 0.1) is 5.92 Å². The summed E-state index contributed by atoms with van der Waals surface area (Å²) in [6, 6.07) is 8.35. The molecular weight excluding hydrogens is 383 g/mol. The number of benzene rings is 1. The maximum atomic E-state index is 13.2. The summed E-state index contributed by atoms with van der Waals surface area (Å²) in [7, 11) is 0. The van der Waals surface area contributed by atoms with E-state index in [1.54, 1.807) is 19.1 Å². The van der Waals surface area contributed by atoms with Crippen molar-refractivity contribution >= 4 is 22.6 Å². The highest BCUT2D eigenvalue weighted by molar-refractivity contribution is 6.32. The fourth-order valence-corrected chi connectivity index (χ4v) is 2.94. The molecule has 1 atom stereocenters. The van der Waals surface area contributed by atoms with Crippen molar-refractivity contribution in [2.45, 2.75) is 19.5 Å². The van der Waals surface area contributed by atoms with Gasteiger partial charge in [0.1, 0.15) is 5.69 Å². The number of aliphatic hydroxyl groups is 1. The lowest BCUT2D eigenvalue weighted by Crippen LogP contribution is -2.26. The van der Waals surface area contributed by atoms with Crippen molar-refractivity contribution in [3.63, 3.8) is 0 Å². The number of fused-ring (bicyclic) bond motifs is 1. The van der Waals surface area contributed by atoms with Crippen molar-refractivity contribution in [3.8, 4) is 5.69 Å². The predicted octanol–water partition coefficient (Wildman–Crippen LogP) is 3.62. The Hall–Kier alpha value is -2.45. The molecule has 5 nitrogen and oxygen atoms in total. The average Bonchev–Trinajstić information content (AvgIpc) is 2.61. The second kappa shape index (κ2) is 7.28. The second-order valence-corrected chi connectivity index (χ2v) is 6.59. The standard InChI is InChI=1S/C18H15ClF3N3O2/c1-10(9-26)8-13-11-6-7-15(18(20,21)22)24-16(11)25(17(27)23-13)14-5-3-2-4-12(14)19/h2-7,10,26H,8-9H2,1H3/t10-/m1/s1. The van der Waals surface area contributed by atoms with Gasteiger partial charge in [-0.2, -0.15) is 18.2 Å². The molecule has 1 N–H and O–H groups in total. The maximum Gasteiger partial charge on any atom is 0.433 e. The molecule has 142 valence electrons. The minimum atomic E-state index is -4.67. The van der Waals surface area contributed by atoms with Crippen LogP contribution in [0.25, 0.3) is 16.7 Å². The molecule has 0 amide bonds. The summed E-state index contributed by atoms with van der Waals surface area (Å²) in [5.41, 5.74) is -1.63. The third-order valence-corrected chi connectivity index (χ3v) is 4.38. The molecule has 0 aliphatic heterocycles. The van der Waals surface area contributed by atoms with Crippen LogP contribution >= 0.6 is 11.6 Å². The van der Waals surface area contributed by atoms with Crippen LogP contribution < -0.4 is 5.69 Å². The number of rotatable bonds is 4. The van der Waals surface area contributed by atoms with E-state index in [1.807, 2.05) is 0 Å². The number of aromatic nitrogens is 3. The molecule has 0 saturated carbocycles. The van der Waals surface area contributed by atoms with E-state index in [1.165, 1.54) is 18.2 Å². The summed E-state index contributed by atoms with van der Waals surface area (Å²) in [4.78, 5) is 20.4. The van der Waals surface area contributed by atoms with Gasteiger partial charge < -0.3 is 5.11 Å². The number of nitrogens with zero attached hydrogens (tertiary/aromatic N) is 3. The highest BCUT2D eigenvalue weighted by atomic mass is 35.5. The SMILES string of the molecule is C[C@@H](CO)Cc1nc(=O)n(-c2ccccc2Cl)c2nc(C(F)(F)F)ccc12. The molecular formula is C18H15ClF3N3O2. The molecule has 0 saturated heterocycles. The molecule has 0 bridgehead atoms. The van der Waals surface area contributed by atoms with E-state index in [-0.39, 0.29) is 41.0 Å². The lowest BCUT2D eigenvalue weighted by Gasteiger charge is -2.16. The number of para-hydroxylation sites is 1. The Morgan fingerprint density at radius 1 is 1.19 bits per heavy atom. The van der Waals surface area contributed by atoms with Crippen LogP contribution in [0.15, 0.2) is 41.2 Å². The van der Waals surface area contributed by atoms with E-state index in [9.17, 15) is 23.1 Å². The predicted molar refractivity (Wildman–Crippen MR) is 95.1 cm³/mol. The first-order valence-corrected chi connectivity index (χ1v) is 8.45. The van der Waals surface area contributed by atoms with Crippen molar-refractivity contribution in [3.05, 3.63) is 63.3 Å². The average molecular weight is 398 g/mol. The van der Waals surface area contributed by atoms with E-state index in [0.717, 1.165) is 10.6 Å². The molecule has 1 aromatic carbocycles. The van der Waals surface area contributed by atoms with Crippen LogP contribution in [0.1, 0.15) is 18.3 Å². The minimum Gasteiger partial charge on any atom is -0.396 e. The Morgan fingerprint density at radius 3 is 2.52 bits per heavy atom. The summed E-state index contributed by atoms with van der Waals surface area (Å²) in [6.45, 7) is 1.59. The second-order valence-electron chi connectivity index (χ2n) is 6.19. The van der Waals surface area contributed by atoms with Gasteiger partial charge in [-0.15, -0.1) is 0 Å². The highest BCUT2D eigenvalue weighted by Gasteiger charge is 2.33. The molecule has 27 heavy (non-hydrogen) atoms. The Kier molecular flexibility index (Phi) is 5.21. The Balaban J connectivity index is 2.38. The number of alkyl halides is 3. The summed E-state index contributed by atoms with van der Waals surface area (Å²) < 4.78 is 40.5. The number of aliphatic hydroxyl groups excluding tert-OH is 1. The van der Waals surface area contributed by atoms with Gasteiger partial charge in [-0.25, -0.2) is 14.3 Å². The molecule has 3 aromatic rings. The maximum absolute atomic E-state index is 13.2. The number of pyridine rings is 1. The minimum absolute atomic E-state index is 0.148. The van der Waals surface area contributed by atoms with Crippen molar-refractivity contribution in [2.75, 3.05) is 6.61 Å². The quantitative estimate of drug-likeness (QED) is 0.730. The first-order valence-electron chi connectivity index (χ1n) is 8.08. The summed E-state index contributed by atoms with van der Waals surface area (Å²) in [5.74, 6) is -0.224. The van der Waals surface area contributed by atoms with E-state index in [4.69, 9.17) is 11.6 Å². The zero-order valence-corrected chi connectivity index (χ0v) is 14.9. The first kappa shape index (κ1) is 19.3. The third kappa shape index (κ3) is 3.81. The van der Waals surface area contributed by atoms with Gasteiger partial charge in [0.05, 0.1) is 16.4 Å². The third-order valence-electron chi connectivity index (χ3n) is 4.06. The van der Waals surface area contributed by atoms with Crippen LogP contribution in [-0.4, -0.2) is 26.2 Å². The summed E-state index contributed by atoms with van der Waals surface area (Å²) >= 11 is 6.14.